The Hall–Kier alpha value is -1.88. The molecular formula is C16H22N2O3. The molecule has 0 saturated carbocycles. The average molecular weight is 290 g/mol. The van der Waals surface area contributed by atoms with Gasteiger partial charge in [0, 0.05) is 24.8 Å². The summed E-state index contributed by atoms with van der Waals surface area (Å²) in [5.74, 6) is -0.102. The number of carbonyl (C=O) groups is 2. The first-order valence-corrected chi connectivity index (χ1v) is 7.35. The van der Waals surface area contributed by atoms with Crippen molar-refractivity contribution in [2.24, 2.45) is 5.92 Å². The molecule has 0 aromatic heterocycles. The maximum atomic E-state index is 11.8. The maximum Gasteiger partial charge on any atom is 0.249 e. The van der Waals surface area contributed by atoms with Crippen molar-refractivity contribution in [3.05, 3.63) is 29.8 Å². The Kier molecular flexibility index (Phi) is 5.33. The van der Waals surface area contributed by atoms with Gasteiger partial charge in [-0.15, -0.1) is 0 Å². The highest BCUT2D eigenvalue weighted by Gasteiger charge is 2.22. The SMILES string of the molecule is CC(C)C(=O)Nc1ccc(CNC(=O)[C@@H]2CCCO2)cc1. The lowest BCUT2D eigenvalue weighted by atomic mass is 10.1. The lowest BCUT2D eigenvalue weighted by Crippen LogP contribution is -2.33. The van der Waals surface area contributed by atoms with E-state index in [0.717, 1.165) is 24.1 Å². The Morgan fingerprint density at radius 2 is 2.00 bits per heavy atom. The van der Waals surface area contributed by atoms with E-state index in [1.165, 1.54) is 0 Å². The van der Waals surface area contributed by atoms with Gasteiger partial charge < -0.3 is 15.4 Å². The Labute approximate surface area is 125 Å². The molecule has 0 bridgehead atoms. The molecule has 1 fully saturated rings. The number of anilines is 1. The summed E-state index contributed by atoms with van der Waals surface area (Å²) in [6.07, 6.45) is 1.45. The first-order chi connectivity index (χ1) is 10.1. The van der Waals surface area contributed by atoms with Crippen LogP contribution in [-0.2, 0) is 20.9 Å². The van der Waals surface area contributed by atoms with Gasteiger partial charge in [-0.3, -0.25) is 9.59 Å². The van der Waals surface area contributed by atoms with Gasteiger partial charge in [-0.1, -0.05) is 26.0 Å². The van der Waals surface area contributed by atoms with E-state index in [9.17, 15) is 9.59 Å². The Bertz CT molecular complexity index is 491. The second-order valence-corrected chi connectivity index (χ2v) is 5.56. The van der Waals surface area contributed by atoms with Gasteiger partial charge in [-0.05, 0) is 30.5 Å². The van der Waals surface area contributed by atoms with Crippen LogP contribution in [0.3, 0.4) is 0 Å². The number of nitrogens with one attached hydrogen (secondary N) is 2. The molecule has 1 atom stereocenters. The monoisotopic (exact) mass is 290 g/mol. The third-order valence-corrected chi connectivity index (χ3v) is 3.43. The first-order valence-electron chi connectivity index (χ1n) is 7.35. The second kappa shape index (κ2) is 7.22. The number of ether oxygens (including phenoxy) is 1. The summed E-state index contributed by atoms with van der Waals surface area (Å²) in [6, 6.07) is 7.47. The zero-order chi connectivity index (χ0) is 15.2. The van der Waals surface area contributed by atoms with Crippen LogP contribution in [-0.4, -0.2) is 24.5 Å². The average Bonchev–Trinajstić information content (AvgIpc) is 3.00. The van der Waals surface area contributed by atoms with E-state index < -0.39 is 0 Å². The quantitative estimate of drug-likeness (QED) is 0.872. The van der Waals surface area contributed by atoms with Crippen molar-refractivity contribution in [1.29, 1.82) is 0 Å². The third kappa shape index (κ3) is 4.56. The van der Waals surface area contributed by atoms with E-state index in [-0.39, 0.29) is 23.8 Å². The molecule has 21 heavy (non-hydrogen) atoms. The highest BCUT2D eigenvalue weighted by molar-refractivity contribution is 5.92. The van der Waals surface area contributed by atoms with Crippen molar-refractivity contribution in [1.82, 2.24) is 5.32 Å². The van der Waals surface area contributed by atoms with Crippen molar-refractivity contribution in [3.8, 4) is 0 Å². The largest absolute Gasteiger partial charge is 0.368 e. The molecule has 1 aromatic rings. The molecule has 0 unspecified atom stereocenters. The van der Waals surface area contributed by atoms with Crippen LogP contribution in [0, 0.1) is 5.92 Å². The molecule has 1 heterocycles. The van der Waals surface area contributed by atoms with Crippen molar-refractivity contribution in [2.75, 3.05) is 11.9 Å². The molecule has 1 aliphatic rings. The molecule has 2 amide bonds. The van der Waals surface area contributed by atoms with Crippen LogP contribution in [0.2, 0.25) is 0 Å². The molecule has 1 aromatic carbocycles. The number of hydrogen-bond acceptors (Lipinski definition) is 3. The fourth-order valence-electron chi connectivity index (χ4n) is 2.08. The zero-order valence-electron chi connectivity index (χ0n) is 12.5. The van der Waals surface area contributed by atoms with E-state index in [1.807, 2.05) is 38.1 Å². The highest BCUT2D eigenvalue weighted by atomic mass is 16.5. The van der Waals surface area contributed by atoms with Crippen LogP contribution in [0.4, 0.5) is 5.69 Å². The normalized spacial score (nSPS) is 17.8. The summed E-state index contributed by atoms with van der Waals surface area (Å²) in [6.45, 7) is 4.84. The van der Waals surface area contributed by atoms with Gasteiger partial charge in [0.15, 0.2) is 0 Å². The molecule has 1 aliphatic heterocycles. The predicted molar refractivity (Wildman–Crippen MR) is 80.7 cm³/mol. The van der Waals surface area contributed by atoms with Gasteiger partial charge in [0.25, 0.3) is 0 Å². The van der Waals surface area contributed by atoms with Crippen molar-refractivity contribution < 1.29 is 14.3 Å². The molecule has 0 aliphatic carbocycles. The van der Waals surface area contributed by atoms with Crippen LogP contribution in [0.5, 0.6) is 0 Å². The standard InChI is InChI=1S/C16H22N2O3/c1-11(2)15(19)18-13-7-5-12(6-8-13)10-17-16(20)14-4-3-9-21-14/h5-8,11,14H,3-4,9-10H2,1-2H3,(H,17,20)(H,18,19)/t14-/m0/s1. The predicted octanol–water partition coefficient (Wildman–Crippen LogP) is 2.08. The summed E-state index contributed by atoms with van der Waals surface area (Å²) in [4.78, 5) is 23.4. The molecule has 114 valence electrons. The van der Waals surface area contributed by atoms with Gasteiger partial charge in [0.1, 0.15) is 6.10 Å². The minimum absolute atomic E-state index is 0.00515. The number of benzene rings is 1. The summed E-state index contributed by atoms with van der Waals surface area (Å²) in [5.41, 5.74) is 1.76. The van der Waals surface area contributed by atoms with Gasteiger partial charge in [0.2, 0.25) is 11.8 Å². The number of rotatable bonds is 5. The van der Waals surface area contributed by atoms with E-state index in [0.29, 0.717) is 13.2 Å². The molecule has 0 radical (unpaired) electrons. The molecule has 2 N–H and O–H groups in total. The van der Waals surface area contributed by atoms with Crippen LogP contribution in [0.25, 0.3) is 0 Å². The topological polar surface area (TPSA) is 67.4 Å². The number of amides is 2. The van der Waals surface area contributed by atoms with Crippen molar-refractivity contribution in [2.45, 2.75) is 39.3 Å². The zero-order valence-corrected chi connectivity index (χ0v) is 12.5. The van der Waals surface area contributed by atoms with Gasteiger partial charge >= 0.3 is 0 Å². The molecule has 2 rings (SSSR count). The lowest BCUT2D eigenvalue weighted by molar-refractivity contribution is -0.130. The fourth-order valence-corrected chi connectivity index (χ4v) is 2.08. The van der Waals surface area contributed by atoms with E-state index in [2.05, 4.69) is 10.6 Å². The Balaban J connectivity index is 1.82. The Morgan fingerprint density at radius 1 is 1.29 bits per heavy atom. The van der Waals surface area contributed by atoms with Gasteiger partial charge in [-0.25, -0.2) is 0 Å². The highest BCUT2D eigenvalue weighted by Crippen LogP contribution is 2.13. The van der Waals surface area contributed by atoms with Crippen LogP contribution >= 0.6 is 0 Å². The van der Waals surface area contributed by atoms with Gasteiger partial charge in [-0.2, -0.15) is 0 Å². The van der Waals surface area contributed by atoms with Gasteiger partial charge in [0.05, 0.1) is 0 Å². The molecule has 1 saturated heterocycles. The van der Waals surface area contributed by atoms with E-state index >= 15 is 0 Å². The molecular weight excluding hydrogens is 268 g/mol. The van der Waals surface area contributed by atoms with Crippen LogP contribution < -0.4 is 10.6 Å². The minimum Gasteiger partial charge on any atom is -0.368 e. The summed E-state index contributed by atoms with van der Waals surface area (Å²) in [5, 5.41) is 5.70. The Morgan fingerprint density at radius 3 is 2.57 bits per heavy atom. The molecule has 0 spiro atoms. The summed E-state index contributed by atoms with van der Waals surface area (Å²) in [7, 11) is 0. The van der Waals surface area contributed by atoms with Crippen LogP contribution in [0.1, 0.15) is 32.3 Å². The lowest BCUT2D eigenvalue weighted by Gasteiger charge is -2.11. The van der Waals surface area contributed by atoms with Crippen molar-refractivity contribution in [3.63, 3.8) is 0 Å². The van der Waals surface area contributed by atoms with Crippen molar-refractivity contribution >= 4 is 17.5 Å². The number of hydrogen-bond donors (Lipinski definition) is 2. The third-order valence-electron chi connectivity index (χ3n) is 3.43. The summed E-state index contributed by atoms with van der Waals surface area (Å²) >= 11 is 0. The maximum absolute atomic E-state index is 11.8. The second-order valence-electron chi connectivity index (χ2n) is 5.56. The number of carbonyl (C=O) groups excluding carboxylic acids is 2. The summed E-state index contributed by atoms with van der Waals surface area (Å²) < 4.78 is 5.33. The first kappa shape index (κ1) is 15.5. The fraction of sp³-hybridized carbons (Fsp3) is 0.500. The molecule has 5 nitrogen and oxygen atoms in total. The smallest absolute Gasteiger partial charge is 0.249 e. The molecule has 5 heteroatoms. The van der Waals surface area contributed by atoms with E-state index in [1.54, 1.807) is 0 Å². The minimum atomic E-state index is -0.297. The van der Waals surface area contributed by atoms with E-state index in [4.69, 9.17) is 4.74 Å². The van der Waals surface area contributed by atoms with Crippen LogP contribution in [0.15, 0.2) is 24.3 Å².